The first-order chi connectivity index (χ1) is 7.63. The van der Waals surface area contributed by atoms with Crippen molar-refractivity contribution < 1.29 is 0 Å². The Labute approximate surface area is 108 Å². The van der Waals surface area contributed by atoms with Gasteiger partial charge in [-0.1, -0.05) is 38.4 Å². The van der Waals surface area contributed by atoms with Gasteiger partial charge in [0, 0.05) is 17.2 Å². The van der Waals surface area contributed by atoms with E-state index in [1.54, 1.807) is 0 Å². The molecular formula is C13H20ClNS. The minimum absolute atomic E-state index is 0.697. The van der Waals surface area contributed by atoms with Crippen molar-refractivity contribution in [3.8, 4) is 0 Å². The quantitative estimate of drug-likeness (QED) is 0.767. The van der Waals surface area contributed by atoms with E-state index in [0.717, 1.165) is 23.9 Å². The van der Waals surface area contributed by atoms with Gasteiger partial charge in [-0.25, -0.2) is 0 Å². The molecule has 0 aliphatic carbocycles. The molecule has 1 N–H and O–H groups in total. The van der Waals surface area contributed by atoms with Crippen LogP contribution in [-0.4, -0.2) is 12.3 Å². The van der Waals surface area contributed by atoms with Gasteiger partial charge in [-0.15, -0.1) is 11.8 Å². The van der Waals surface area contributed by atoms with Crippen molar-refractivity contribution in [1.82, 2.24) is 5.32 Å². The molecule has 0 bridgehead atoms. The van der Waals surface area contributed by atoms with Gasteiger partial charge in [0.25, 0.3) is 0 Å². The van der Waals surface area contributed by atoms with Gasteiger partial charge in [-0.2, -0.15) is 0 Å². The van der Waals surface area contributed by atoms with Crippen LogP contribution in [-0.2, 0) is 6.54 Å². The molecule has 0 saturated heterocycles. The maximum absolute atomic E-state index is 6.24. The summed E-state index contributed by atoms with van der Waals surface area (Å²) < 4.78 is 0. The summed E-state index contributed by atoms with van der Waals surface area (Å²) in [5, 5.41) is 4.17. The Balaban J connectivity index is 2.60. The van der Waals surface area contributed by atoms with Crippen molar-refractivity contribution >= 4 is 23.4 Å². The highest BCUT2D eigenvalue weighted by Gasteiger charge is 2.03. The first kappa shape index (κ1) is 13.9. The molecule has 0 heterocycles. The number of hydrogen-bond donors (Lipinski definition) is 1. The molecule has 0 spiro atoms. The molecule has 90 valence electrons. The molecule has 0 unspecified atom stereocenters. The van der Waals surface area contributed by atoms with Gasteiger partial charge in [0.05, 0.1) is 5.02 Å². The largest absolute Gasteiger partial charge is 0.313 e. The van der Waals surface area contributed by atoms with Gasteiger partial charge >= 0.3 is 0 Å². The second-order valence-electron chi connectivity index (χ2n) is 4.25. The summed E-state index contributed by atoms with van der Waals surface area (Å²) >= 11 is 8.08. The summed E-state index contributed by atoms with van der Waals surface area (Å²) in [6.07, 6.45) is 0. The molecule has 0 aromatic heterocycles. The second kappa shape index (κ2) is 7.21. The van der Waals surface area contributed by atoms with Gasteiger partial charge in [-0.3, -0.25) is 0 Å². The molecule has 1 nitrogen and oxygen atoms in total. The highest BCUT2D eigenvalue weighted by atomic mass is 35.5. The summed E-state index contributed by atoms with van der Waals surface area (Å²) in [6, 6.07) is 6.34. The van der Waals surface area contributed by atoms with Gasteiger partial charge in [0.15, 0.2) is 0 Å². The van der Waals surface area contributed by atoms with Gasteiger partial charge in [-0.05, 0) is 30.2 Å². The van der Waals surface area contributed by atoms with Crippen LogP contribution >= 0.6 is 23.4 Å². The Morgan fingerprint density at radius 1 is 1.38 bits per heavy atom. The predicted molar refractivity (Wildman–Crippen MR) is 74.4 cm³/mol. The Morgan fingerprint density at radius 3 is 2.69 bits per heavy atom. The van der Waals surface area contributed by atoms with Crippen molar-refractivity contribution in [3.05, 3.63) is 28.8 Å². The van der Waals surface area contributed by atoms with Crippen LogP contribution in [0.4, 0.5) is 0 Å². The van der Waals surface area contributed by atoms with Gasteiger partial charge < -0.3 is 5.32 Å². The number of benzene rings is 1. The SMILES string of the molecule is CCNCc1ccc(SCC(C)C)c(Cl)c1. The van der Waals surface area contributed by atoms with Crippen LogP contribution < -0.4 is 5.32 Å². The fourth-order valence-corrected chi connectivity index (χ4v) is 2.54. The van der Waals surface area contributed by atoms with Gasteiger partial charge in [0.1, 0.15) is 0 Å². The summed E-state index contributed by atoms with van der Waals surface area (Å²) in [4.78, 5) is 1.19. The number of rotatable bonds is 6. The Bertz CT molecular complexity index is 326. The van der Waals surface area contributed by atoms with Crippen LogP contribution in [0.15, 0.2) is 23.1 Å². The van der Waals surface area contributed by atoms with E-state index in [1.165, 1.54) is 10.5 Å². The Kier molecular flexibility index (Phi) is 6.25. The zero-order chi connectivity index (χ0) is 12.0. The summed E-state index contributed by atoms with van der Waals surface area (Å²) in [5.41, 5.74) is 1.25. The van der Waals surface area contributed by atoms with Crippen molar-refractivity contribution in [2.45, 2.75) is 32.2 Å². The third-order valence-electron chi connectivity index (χ3n) is 2.15. The molecule has 0 amide bonds. The second-order valence-corrected chi connectivity index (χ2v) is 5.72. The highest BCUT2D eigenvalue weighted by molar-refractivity contribution is 7.99. The van der Waals surface area contributed by atoms with Crippen molar-refractivity contribution in [2.75, 3.05) is 12.3 Å². The van der Waals surface area contributed by atoms with Crippen LogP contribution in [0.25, 0.3) is 0 Å². The molecule has 16 heavy (non-hydrogen) atoms. The monoisotopic (exact) mass is 257 g/mol. The van der Waals surface area contributed by atoms with E-state index in [9.17, 15) is 0 Å². The summed E-state index contributed by atoms with van der Waals surface area (Å²) in [6.45, 7) is 8.43. The van der Waals surface area contributed by atoms with E-state index in [2.05, 4.69) is 44.3 Å². The van der Waals surface area contributed by atoms with Crippen LogP contribution in [0.5, 0.6) is 0 Å². The predicted octanol–water partition coefficient (Wildman–Crippen LogP) is 4.20. The van der Waals surface area contributed by atoms with Gasteiger partial charge in [0.2, 0.25) is 0 Å². The smallest absolute Gasteiger partial charge is 0.0545 e. The van der Waals surface area contributed by atoms with E-state index < -0.39 is 0 Å². The number of halogens is 1. The van der Waals surface area contributed by atoms with Crippen LogP contribution in [0.3, 0.4) is 0 Å². The van der Waals surface area contributed by atoms with Crippen molar-refractivity contribution in [1.29, 1.82) is 0 Å². The lowest BCUT2D eigenvalue weighted by Gasteiger charge is -2.08. The maximum atomic E-state index is 6.24. The lowest BCUT2D eigenvalue weighted by atomic mass is 10.2. The zero-order valence-corrected chi connectivity index (χ0v) is 11.8. The van der Waals surface area contributed by atoms with E-state index in [4.69, 9.17) is 11.6 Å². The third kappa shape index (κ3) is 4.77. The molecular weight excluding hydrogens is 238 g/mol. The van der Waals surface area contributed by atoms with Crippen LogP contribution in [0.1, 0.15) is 26.3 Å². The summed E-state index contributed by atoms with van der Waals surface area (Å²) in [7, 11) is 0. The standard InChI is InChI=1S/C13H20ClNS/c1-4-15-8-11-5-6-13(12(14)7-11)16-9-10(2)3/h5-7,10,15H,4,8-9H2,1-3H3. The number of nitrogens with one attached hydrogen (secondary N) is 1. The first-order valence-electron chi connectivity index (χ1n) is 5.75. The molecule has 0 saturated carbocycles. The zero-order valence-electron chi connectivity index (χ0n) is 10.2. The lowest BCUT2D eigenvalue weighted by molar-refractivity contribution is 0.726. The number of thioether (sulfide) groups is 1. The molecule has 3 heteroatoms. The molecule has 0 radical (unpaired) electrons. The molecule has 1 aromatic rings. The molecule has 0 atom stereocenters. The molecule has 1 aromatic carbocycles. The fraction of sp³-hybridized carbons (Fsp3) is 0.538. The minimum Gasteiger partial charge on any atom is -0.313 e. The van der Waals surface area contributed by atoms with Crippen molar-refractivity contribution in [3.63, 3.8) is 0 Å². The molecule has 0 aliphatic heterocycles. The van der Waals surface area contributed by atoms with E-state index in [0.29, 0.717) is 5.92 Å². The Hall–Kier alpha value is -0.180. The van der Waals surface area contributed by atoms with E-state index in [1.807, 2.05) is 11.8 Å². The lowest BCUT2D eigenvalue weighted by Crippen LogP contribution is -2.11. The average Bonchev–Trinajstić information content (AvgIpc) is 2.24. The highest BCUT2D eigenvalue weighted by Crippen LogP contribution is 2.29. The van der Waals surface area contributed by atoms with E-state index >= 15 is 0 Å². The van der Waals surface area contributed by atoms with Crippen molar-refractivity contribution in [2.24, 2.45) is 5.92 Å². The Morgan fingerprint density at radius 2 is 2.12 bits per heavy atom. The van der Waals surface area contributed by atoms with Crippen LogP contribution in [0.2, 0.25) is 5.02 Å². The first-order valence-corrected chi connectivity index (χ1v) is 7.11. The fourth-order valence-electron chi connectivity index (χ4n) is 1.30. The molecule has 0 aliphatic rings. The molecule has 1 rings (SSSR count). The average molecular weight is 258 g/mol. The third-order valence-corrected chi connectivity index (χ3v) is 4.07. The topological polar surface area (TPSA) is 12.0 Å². The summed E-state index contributed by atoms with van der Waals surface area (Å²) in [5.74, 6) is 1.81. The minimum atomic E-state index is 0.697. The molecule has 0 fully saturated rings. The maximum Gasteiger partial charge on any atom is 0.0545 e. The number of hydrogen-bond acceptors (Lipinski definition) is 2. The van der Waals surface area contributed by atoms with Crippen LogP contribution in [0, 0.1) is 5.92 Å². The van der Waals surface area contributed by atoms with E-state index in [-0.39, 0.29) is 0 Å². The normalized spacial score (nSPS) is 11.1.